The molecule has 8 aliphatic rings. The van der Waals surface area contributed by atoms with Crippen molar-refractivity contribution in [2.24, 2.45) is 35.5 Å². The van der Waals surface area contributed by atoms with Crippen molar-refractivity contribution < 1.29 is 0 Å². The van der Waals surface area contributed by atoms with Crippen LogP contribution in [0.3, 0.4) is 0 Å². The van der Waals surface area contributed by atoms with Crippen LogP contribution in [0.4, 0.5) is 0 Å². The standard InChI is InChI=1S/C42H60N4P2Si2/c1-49(2,3)37-19-35(27-47(39-43-9-7-10-44-39)40-45-11-8-12-46-40)36(20-38(37)50(4,5)6)28-48(41-21-29-13-30(22-41)15-31(14-29)23-41)42-24-32-16-33(25-42)18-34(17-32)26-42/h7-12,19-20,29-34H,13-18,21-28H2,1-6H3. The maximum atomic E-state index is 4.88. The fourth-order valence-electron chi connectivity index (χ4n) is 13.3. The van der Waals surface area contributed by atoms with Crippen molar-refractivity contribution in [3.63, 3.8) is 0 Å². The van der Waals surface area contributed by atoms with E-state index in [1.165, 1.54) is 6.16 Å². The van der Waals surface area contributed by atoms with Crippen molar-refractivity contribution >= 4 is 53.5 Å². The molecule has 3 aromatic rings. The Balaban J connectivity index is 1.21. The third-order valence-electron chi connectivity index (χ3n) is 14.4. The smallest absolute Gasteiger partial charge is 0.158 e. The fourth-order valence-corrected chi connectivity index (χ4v) is 25.6. The molecule has 0 amide bonds. The molecule has 0 saturated heterocycles. The quantitative estimate of drug-likeness (QED) is 0.154. The second-order valence-corrected chi connectivity index (χ2v) is 35.3. The number of nitrogens with zero attached hydrogens (tertiary/aromatic N) is 4. The summed E-state index contributed by atoms with van der Waals surface area (Å²) in [6.07, 6.45) is 28.7. The van der Waals surface area contributed by atoms with Gasteiger partial charge in [-0.1, -0.05) is 69.7 Å². The molecule has 50 heavy (non-hydrogen) atoms. The van der Waals surface area contributed by atoms with Crippen LogP contribution in [-0.4, -0.2) is 46.4 Å². The third-order valence-corrected chi connectivity index (χ3v) is 24.8. The van der Waals surface area contributed by atoms with E-state index in [1.807, 2.05) is 36.9 Å². The van der Waals surface area contributed by atoms with Crippen LogP contribution in [0.15, 0.2) is 49.1 Å². The van der Waals surface area contributed by atoms with Crippen molar-refractivity contribution in [1.82, 2.24) is 19.9 Å². The van der Waals surface area contributed by atoms with E-state index in [9.17, 15) is 0 Å². The van der Waals surface area contributed by atoms with Crippen molar-refractivity contribution in [3.05, 3.63) is 60.2 Å². The summed E-state index contributed by atoms with van der Waals surface area (Å²) in [5.41, 5.74) is 5.17. The molecule has 0 aliphatic heterocycles. The minimum absolute atomic E-state index is 0.149. The lowest BCUT2D eigenvalue weighted by Gasteiger charge is -2.67. The Bertz CT molecular complexity index is 1570. The van der Waals surface area contributed by atoms with Crippen LogP contribution in [0, 0.1) is 35.5 Å². The highest BCUT2D eigenvalue weighted by Crippen LogP contribution is 2.79. The molecule has 8 heteroatoms. The number of hydrogen-bond donors (Lipinski definition) is 0. The SMILES string of the molecule is C[Si](C)(C)c1cc(CP(c2ncccn2)c2ncccn2)c(CP(C23CC4CC(CC(C4)C2)C3)C23CC4CC(CC(C4)C2)C3)cc1[Si](C)(C)C. The first-order chi connectivity index (χ1) is 23.9. The van der Waals surface area contributed by atoms with Gasteiger partial charge in [-0.25, -0.2) is 19.9 Å². The summed E-state index contributed by atoms with van der Waals surface area (Å²) >= 11 is 0. The summed E-state index contributed by atoms with van der Waals surface area (Å²) in [6.45, 7) is 15.6. The van der Waals surface area contributed by atoms with Crippen LogP contribution in [-0.2, 0) is 12.3 Å². The summed E-state index contributed by atoms with van der Waals surface area (Å²) < 4.78 is 0. The first kappa shape index (κ1) is 34.4. The lowest BCUT2D eigenvalue weighted by molar-refractivity contribution is 0.0184. The maximum Gasteiger partial charge on any atom is 0.158 e. The van der Waals surface area contributed by atoms with Gasteiger partial charge in [0, 0.05) is 38.9 Å². The van der Waals surface area contributed by atoms with Crippen molar-refractivity contribution in [3.8, 4) is 0 Å². The largest absolute Gasteiger partial charge is 0.237 e. The van der Waals surface area contributed by atoms with Gasteiger partial charge in [-0.3, -0.25) is 0 Å². The molecule has 0 atom stereocenters. The van der Waals surface area contributed by atoms with E-state index in [0.717, 1.165) is 52.8 Å². The van der Waals surface area contributed by atoms with Gasteiger partial charge in [0.05, 0.1) is 16.1 Å². The second kappa shape index (κ2) is 12.6. The molecule has 4 nitrogen and oxygen atoms in total. The molecule has 2 aromatic heterocycles. The van der Waals surface area contributed by atoms with Crippen molar-refractivity contribution in [2.45, 2.75) is 139 Å². The highest BCUT2D eigenvalue weighted by molar-refractivity contribution is 7.71. The molecule has 8 aliphatic carbocycles. The molecule has 0 spiro atoms. The highest BCUT2D eigenvalue weighted by atomic mass is 31.1. The molecule has 266 valence electrons. The highest BCUT2D eigenvalue weighted by Gasteiger charge is 2.62. The average molecular weight is 739 g/mol. The van der Waals surface area contributed by atoms with Gasteiger partial charge in [-0.05, 0) is 152 Å². The number of aromatic nitrogens is 4. The first-order valence-electron chi connectivity index (χ1n) is 20.1. The summed E-state index contributed by atoms with van der Waals surface area (Å²) in [5.74, 6) is 6.11. The van der Waals surface area contributed by atoms with Gasteiger partial charge in [-0.2, -0.15) is 0 Å². The summed E-state index contributed by atoms with van der Waals surface area (Å²) in [4.78, 5) is 19.5. The molecular weight excluding hydrogens is 679 g/mol. The molecule has 8 bridgehead atoms. The predicted molar refractivity (Wildman–Crippen MR) is 219 cm³/mol. The Morgan fingerprint density at radius 1 is 0.520 bits per heavy atom. The molecule has 1 aromatic carbocycles. The zero-order valence-corrected chi connectivity index (χ0v) is 35.5. The van der Waals surface area contributed by atoms with Crippen molar-refractivity contribution in [1.29, 1.82) is 0 Å². The Labute approximate surface area is 306 Å². The summed E-state index contributed by atoms with van der Waals surface area (Å²) in [6, 6.07) is 9.52. The predicted octanol–water partition coefficient (Wildman–Crippen LogP) is 8.91. The van der Waals surface area contributed by atoms with Crippen LogP contribution >= 0.6 is 15.8 Å². The molecule has 0 unspecified atom stereocenters. The van der Waals surface area contributed by atoms with Gasteiger partial charge in [0.2, 0.25) is 0 Å². The summed E-state index contributed by atoms with van der Waals surface area (Å²) in [5, 5.41) is 4.72. The van der Waals surface area contributed by atoms with E-state index in [4.69, 9.17) is 19.9 Å². The molecule has 8 fully saturated rings. The minimum atomic E-state index is -1.62. The van der Waals surface area contributed by atoms with E-state index in [2.05, 4.69) is 51.4 Å². The topological polar surface area (TPSA) is 51.6 Å². The number of hydrogen-bond acceptors (Lipinski definition) is 4. The van der Waals surface area contributed by atoms with Crippen LogP contribution in [0.25, 0.3) is 0 Å². The normalized spacial score (nSPS) is 34.9. The summed E-state index contributed by atoms with van der Waals surface area (Å²) in [7, 11) is -4.29. The van der Waals surface area contributed by atoms with Crippen LogP contribution < -0.4 is 21.5 Å². The van der Waals surface area contributed by atoms with Gasteiger partial charge in [-0.15, -0.1) is 0 Å². The van der Waals surface area contributed by atoms with E-state index in [-0.39, 0.29) is 7.92 Å². The van der Waals surface area contributed by atoms with Gasteiger partial charge in [0.15, 0.2) is 11.1 Å². The fraction of sp³-hybridized carbons (Fsp3) is 0.667. The van der Waals surface area contributed by atoms with Gasteiger partial charge < -0.3 is 0 Å². The Kier molecular flexibility index (Phi) is 8.70. The molecular formula is C42H60N4P2Si2. The lowest BCUT2D eigenvalue weighted by Crippen LogP contribution is -2.57. The third kappa shape index (κ3) is 6.26. The molecule has 8 saturated carbocycles. The van der Waals surface area contributed by atoms with Crippen LogP contribution in [0.5, 0.6) is 0 Å². The monoisotopic (exact) mass is 738 g/mol. The Hall–Kier alpha value is -1.33. The molecule has 0 radical (unpaired) electrons. The lowest BCUT2D eigenvalue weighted by atomic mass is 9.55. The Morgan fingerprint density at radius 3 is 1.16 bits per heavy atom. The first-order valence-corrected chi connectivity index (χ1v) is 30.2. The van der Waals surface area contributed by atoms with E-state index < -0.39 is 24.1 Å². The molecule has 0 N–H and O–H groups in total. The van der Waals surface area contributed by atoms with Gasteiger partial charge in [0.1, 0.15) is 0 Å². The molecule has 2 heterocycles. The maximum absolute atomic E-state index is 4.88. The number of benzene rings is 1. The zero-order chi connectivity index (χ0) is 34.5. The van der Waals surface area contributed by atoms with Crippen LogP contribution in [0.2, 0.25) is 39.3 Å². The zero-order valence-electron chi connectivity index (χ0n) is 31.7. The molecule has 11 rings (SSSR count). The van der Waals surface area contributed by atoms with E-state index in [0.29, 0.717) is 10.3 Å². The van der Waals surface area contributed by atoms with Gasteiger partial charge >= 0.3 is 0 Å². The van der Waals surface area contributed by atoms with E-state index in [1.54, 1.807) is 98.6 Å². The minimum Gasteiger partial charge on any atom is -0.237 e. The van der Waals surface area contributed by atoms with Gasteiger partial charge in [0.25, 0.3) is 0 Å². The van der Waals surface area contributed by atoms with Crippen LogP contribution in [0.1, 0.15) is 88.2 Å². The number of rotatable bonds is 10. The Morgan fingerprint density at radius 2 is 0.840 bits per heavy atom. The average Bonchev–Trinajstić information content (AvgIpc) is 3.04. The second-order valence-electron chi connectivity index (χ2n) is 20.2. The van der Waals surface area contributed by atoms with Crippen molar-refractivity contribution in [2.75, 3.05) is 0 Å². The van der Waals surface area contributed by atoms with E-state index >= 15 is 0 Å².